The van der Waals surface area contributed by atoms with Crippen LogP contribution in [0, 0.1) is 10.1 Å². The number of carbonyl (C=O) groups excluding carboxylic acids is 1. The molecule has 0 fully saturated rings. The van der Waals surface area contributed by atoms with Gasteiger partial charge in [-0.15, -0.1) is 0 Å². The van der Waals surface area contributed by atoms with Gasteiger partial charge in [-0.05, 0) is 12.5 Å². The Balaban J connectivity index is 1.93. The van der Waals surface area contributed by atoms with Crippen molar-refractivity contribution in [2.24, 2.45) is 0 Å². The van der Waals surface area contributed by atoms with Crippen LogP contribution in [0.1, 0.15) is 18.9 Å². The van der Waals surface area contributed by atoms with Gasteiger partial charge in [-0.3, -0.25) is 24.4 Å². The predicted octanol–water partition coefficient (Wildman–Crippen LogP) is 1.34. The van der Waals surface area contributed by atoms with E-state index in [-0.39, 0.29) is 31.1 Å². The van der Waals surface area contributed by atoms with Crippen LogP contribution < -0.4 is 5.32 Å². The molecule has 2 rings (SSSR count). The van der Waals surface area contributed by atoms with Gasteiger partial charge in [0.2, 0.25) is 5.91 Å². The molecule has 132 valence electrons. The fraction of sp³-hybridized carbons (Fsp3) is 0.312. The number of carboxylic acids is 1. The van der Waals surface area contributed by atoms with Crippen LogP contribution in [0.5, 0.6) is 0 Å². The minimum Gasteiger partial charge on any atom is -0.481 e. The SMILES string of the molecule is CC(CNC(=O)CCn1cc([N+](=O)[O-])cn1)(C(=O)O)c1ccccc1. The van der Waals surface area contributed by atoms with Crippen LogP contribution in [-0.2, 0) is 21.5 Å². The second kappa shape index (κ2) is 7.56. The summed E-state index contributed by atoms with van der Waals surface area (Å²) >= 11 is 0. The maximum Gasteiger partial charge on any atom is 0.315 e. The van der Waals surface area contributed by atoms with Crippen LogP contribution in [0.3, 0.4) is 0 Å². The summed E-state index contributed by atoms with van der Waals surface area (Å²) in [6.45, 7) is 1.64. The molecule has 2 aromatic rings. The quantitative estimate of drug-likeness (QED) is 0.548. The largest absolute Gasteiger partial charge is 0.481 e. The molecule has 0 spiro atoms. The van der Waals surface area contributed by atoms with Gasteiger partial charge in [0.05, 0.1) is 4.92 Å². The van der Waals surface area contributed by atoms with Crippen LogP contribution in [0.15, 0.2) is 42.7 Å². The van der Waals surface area contributed by atoms with E-state index in [1.54, 1.807) is 37.3 Å². The Kier molecular flexibility index (Phi) is 5.48. The first kappa shape index (κ1) is 18.1. The summed E-state index contributed by atoms with van der Waals surface area (Å²) in [4.78, 5) is 33.6. The molecule has 1 atom stereocenters. The monoisotopic (exact) mass is 346 g/mol. The molecule has 0 bridgehead atoms. The molecular weight excluding hydrogens is 328 g/mol. The Morgan fingerprint density at radius 2 is 2.04 bits per heavy atom. The van der Waals surface area contributed by atoms with Crippen LogP contribution in [0.4, 0.5) is 5.69 Å². The number of nitrogens with one attached hydrogen (secondary N) is 1. The van der Waals surface area contributed by atoms with E-state index in [4.69, 9.17) is 0 Å². The average molecular weight is 346 g/mol. The summed E-state index contributed by atoms with van der Waals surface area (Å²) in [6, 6.07) is 8.66. The van der Waals surface area contributed by atoms with Crippen molar-refractivity contribution in [2.45, 2.75) is 25.3 Å². The molecule has 0 aliphatic heterocycles. The zero-order valence-corrected chi connectivity index (χ0v) is 13.6. The minimum atomic E-state index is -1.25. The fourth-order valence-electron chi connectivity index (χ4n) is 2.26. The van der Waals surface area contributed by atoms with E-state index < -0.39 is 16.3 Å². The number of aryl methyl sites for hydroxylation is 1. The van der Waals surface area contributed by atoms with Crippen LogP contribution in [0.25, 0.3) is 0 Å². The molecule has 0 aliphatic carbocycles. The zero-order valence-electron chi connectivity index (χ0n) is 13.6. The third-order valence-corrected chi connectivity index (χ3v) is 3.92. The first-order chi connectivity index (χ1) is 11.8. The molecule has 2 N–H and O–H groups in total. The number of aromatic nitrogens is 2. The number of hydrogen-bond acceptors (Lipinski definition) is 5. The van der Waals surface area contributed by atoms with Gasteiger partial charge < -0.3 is 10.4 Å². The summed E-state index contributed by atoms with van der Waals surface area (Å²) in [5.74, 6) is -1.40. The Morgan fingerprint density at radius 3 is 2.60 bits per heavy atom. The predicted molar refractivity (Wildman–Crippen MR) is 87.9 cm³/mol. The number of carbonyl (C=O) groups is 2. The average Bonchev–Trinajstić information content (AvgIpc) is 3.07. The zero-order chi connectivity index (χ0) is 18.4. The smallest absolute Gasteiger partial charge is 0.315 e. The van der Waals surface area contributed by atoms with E-state index in [9.17, 15) is 24.8 Å². The summed E-state index contributed by atoms with van der Waals surface area (Å²) < 4.78 is 1.30. The first-order valence-electron chi connectivity index (χ1n) is 7.55. The highest BCUT2D eigenvalue weighted by molar-refractivity contribution is 5.83. The molecule has 1 aromatic heterocycles. The first-order valence-corrected chi connectivity index (χ1v) is 7.55. The van der Waals surface area contributed by atoms with Gasteiger partial charge in [0, 0.05) is 19.5 Å². The highest BCUT2D eigenvalue weighted by atomic mass is 16.6. The van der Waals surface area contributed by atoms with E-state index in [0.29, 0.717) is 5.56 Å². The molecule has 0 radical (unpaired) electrons. The number of nitrogens with zero attached hydrogens (tertiary/aromatic N) is 3. The summed E-state index contributed by atoms with van der Waals surface area (Å²) in [5.41, 5.74) is -0.810. The van der Waals surface area contributed by atoms with Crippen LogP contribution in [0.2, 0.25) is 0 Å². The number of hydrogen-bond donors (Lipinski definition) is 2. The van der Waals surface area contributed by atoms with Crippen molar-refractivity contribution in [1.82, 2.24) is 15.1 Å². The Bertz CT molecular complexity index is 774. The number of nitro groups is 1. The van der Waals surface area contributed by atoms with Crippen LogP contribution >= 0.6 is 0 Å². The lowest BCUT2D eigenvalue weighted by Crippen LogP contribution is -2.44. The van der Waals surface area contributed by atoms with Gasteiger partial charge in [-0.25, -0.2) is 0 Å². The minimum absolute atomic E-state index is 0.0311. The van der Waals surface area contributed by atoms with E-state index in [2.05, 4.69) is 10.4 Å². The molecule has 9 heteroatoms. The molecule has 0 aliphatic rings. The summed E-state index contributed by atoms with van der Waals surface area (Å²) in [6.07, 6.45) is 2.37. The van der Waals surface area contributed by atoms with Crippen molar-refractivity contribution >= 4 is 17.6 Å². The van der Waals surface area contributed by atoms with Gasteiger partial charge in [0.1, 0.15) is 17.8 Å². The highest BCUT2D eigenvalue weighted by Gasteiger charge is 2.35. The van der Waals surface area contributed by atoms with Crippen molar-refractivity contribution in [1.29, 1.82) is 0 Å². The molecule has 9 nitrogen and oxygen atoms in total. The van der Waals surface area contributed by atoms with Gasteiger partial charge in [0.25, 0.3) is 0 Å². The Morgan fingerprint density at radius 1 is 1.36 bits per heavy atom. The van der Waals surface area contributed by atoms with Crippen molar-refractivity contribution in [3.8, 4) is 0 Å². The molecule has 1 aromatic carbocycles. The lowest BCUT2D eigenvalue weighted by molar-refractivity contribution is -0.385. The standard InChI is InChI=1S/C16H18N4O5/c1-16(15(22)23,12-5-3-2-4-6-12)11-17-14(21)7-8-19-10-13(9-18-19)20(24)25/h2-6,9-10H,7-8,11H2,1H3,(H,17,21)(H,22,23). The normalized spacial score (nSPS) is 13.0. The number of benzene rings is 1. The van der Waals surface area contributed by atoms with Crippen molar-refractivity contribution in [2.75, 3.05) is 6.54 Å². The molecule has 1 heterocycles. The van der Waals surface area contributed by atoms with Crippen molar-refractivity contribution in [3.63, 3.8) is 0 Å². The topological polar surface area (TPSA) is 127 Å². The molecule has 1 amide bonds. The molecular formula is C16H18N4O5. The van der Waals surface area contributed by atoms with Gasteiger partial charge in [-0.1, -0.05) is 30.3 Å². The lowest BCUT2D eigenvalue weighted by Gasteiger charge is -2.25. The number of aliphatic carboxylic acids is 1. The van der Waals surface area contributed by atoms with E-state index in [1.165, 1.54) is 10.9 Å². The van der Waals surface area contributed by atoms with E-state index in [1.807, 2.05) is 0 Å². The number of amides is 1. The highest BCUT2D eigenvalue weighted by Crippen LogP contribution is 2.23. The molecule has 0 saturated carbocycles. The maximum atomic E-state index is 12.0. The molecule has 0 saturated heterocycles. The van der Waals surface area contributed by atoms with Gasteiger partial charge in [-0.2, -0.15) is 5.10 Å². The Hall–Kier alpha value is -3.23. The second-order valence-corrected chi connectivity index (χ2v) is 5.75. The summed E-state index contributed by atoms with van der Waals surface area (Å²) in [7, 11) is 0. The van der Waals surface area contributed by atoms with Gasteiger partial charge >= 0.3 is 11.7 Å². The molecule has 25 heavy (non-hydrogen) atoms. The molecule has 1 unspecified atom stereocenters. The second-order valence-electron chi connectivity index (χ2n) is 5.75. The summed E-state index contributed by atoms with van der Waals surface area (Å²) in [5, 5.41) is 26.5. The van der Waals surface area contributed by atoms with E-state index >= 15 is 0 Å². The Labute approximate surface area is 143 Å². The third kappa shape index (κ3) is 4.40. The van der Waals surface area contributed by atoms with Crippen LogP contribution in [-0.4, -0.2) is 38.2 Å². The number of carboxylic acid groups (broad SMARTS) is 1. The van der Waals surface area contributed by atoms with Crippen molar-refractivity contribution in [3.05, 3.63) is 58.4 Å². The van der Waals surface area contributed by atoms with Crippen molar-refractivity contribution < 1.29 is 19.6 Å². The lowest BCUT2D eigenvalue weighted by atomic mass is 9.82. The maximum absolute atomic E-state index is 12.0. The number of rotatable bonds is 8. The van der Waals surface area contributed by atoms with E-state index in [0.717, 1.165) is 6.20 Å². The third-order valence-electron chi connectivity index (χ3n) is 3.92. The fourth-order valence-corrected chi connectivity index (χ4v) is 2.26. The van der Waals surface area contributed by atoms with Gasteiger partial charge in [0.15, 0.2) is 0 Å².